The van der Waals surface area contributed by atoms with E-state index in [2.05, 4.69) is 17.6 Å². The lowest BCUT2D eigenvalue weighted by atomic mass is 10.2. The van der Waals surface area contributed by atoms with Crippen LogP contribution in [0.2, 0.25) is 0 Å². The standard InChI is InChI=1S/C13H28N2O2/c1-3-5-6-9-13(17)15-11-7-10-14-12(16)8-4-2/h13,15,17H,3-11H2,1-2H3,(H,14,16). The van der Waals surface area contributed by atoms with E-state index in [1.54, 1.807) is 0 Å². The van der Waals surface area contributed by atoms with Crippen LogP contribution in [0.4, 0.5) is 0 Å². The molecule has 0 heterocycles. The predicted octanol–water partition coefficient (Wildman–Crippen LogP) is 1.78. The fourth-order valence-electron chi connectivity index (χ4n) is 1.59. The number of unbranched alkanes of at least 4 members (excludes halogenated alkanes) is 2. The number of hydrogen-bond acceptors (Lipinski definition) is 3. The first-order valence-corrected chi connectivity index (χ1v) is 6.88. The molecule has 0 spiro atoms. The van der Waals surface area contributed by atoms with Crippen LogP contribution in [0.3, 0.4) is 0 Å². The highest BCUT2D eigenvalue weighted by Gasteiger charge is 2.02. The maximum atomic E-state index is 11.1. The van der Waals surface area contributed by atoms with E-state index in [0.717, 1.165) is 32.2 Å². The Hall–Kier alpha value is -0.610. The zero-order valence-corrected chi connectivity index (χ0v) is 11.3. The average molecular weight is 244 g/mol. The molecule has 1 atom stereocenters. The van der Waals surface area contributed by atoms with Crippen molar-refractivity contribution in [2.75, 3.05) is 13.1 Å². The molecule has 17 heavy (non-hydrogen) atoms. The van der Waals surface area contributed by atoms with Crippen LogP contribution in [0.15, 0.2) is 0 Å². The van der Waals surface area contributed by atoms with Gasteiger partial charge < -0.3 is 10.4 Å². The Balaban J connectivity index is 3.24. The molecule has 0 aliphatic carbocycles. The van der Waals surface area contributed by atoms with Crippen LogP contribution in [0.1, 0.15) is 58.8 Å². The van der Waals surface area contributed by atoms with Crippen LogP contribution in [0, 0.1) is 0 Å². The molecule has 0 aromatic rings. The quantitative estimate of drug-likeness (QED) is 0.383. The van der Waals surface area contributed by atoms with Crippen molar-refractivity contribution in [1.29, 1.82) is 0 Å². The summed E-state index contributed by atoms with van der Waals surface area (Å²) in [6.07, 6.45) is 6.19. The maximum absolute atomic E-state index is 11.1. The van der Waals surface area contributed by atoms with Crippen molar-refractivity contribution < 1.29 is 9.90 Å². The minimum atomic E-state index is -0.395. The molecule has 0 saturated carbocycles. The summed E-state index contributed by atoms with van der Waals surface area (Å²) in [5.41, 5.74) is 0. The van der Waals surface area contributed by atoms with Crippen LogP contribution < -0.4 is 10.6 Å². The fourth-order valence-corrected chi connectivity index (χ4v) is 1.59. The van der Waals surface area contributed by atoms with Crippen molar-refractivity contribution in [3.8, 4) is 0 Å². The predicted molar refractivity (Wildman–Crippen MR) is 70.7 cm³/mol. The summed E-state index contributed by atoms with van der Waals surface area (Å²) in [5.74, 6) is 0.121. The number of carbonyl (C=O) groups excluding carboxylic acids is 1. The third-order valence-electron chi connectivity index (χ3n) is 2.61. The Bertz CT molecular complexity index is 186. The Morgan fingerprint density at radius 2 is 1.88 bits per heavy atom. The van der Waals surface area contributed by atoms with Gasteiger partial charge in [-0.05, 0) is 32.2 Å². The van der Waals surface area contributed by atoms with Crippen molar-refractivity contribution in [3.63, 3.8) is 0 Å². The van der Waals surface area contributed by atoms with Crippen LogP contribution >= 0.6 is 0 Å². The minimum Gasteiger partial charge on any atom is -0.379 e. The summed E-state index contributed by atoms with van der Waals surface area (Å²) in [4.78, 5) is 11.1. The van der Waals surface area contributed by atoms with Gasteiger partial charge in [-0.15, -0.1) is 0 Å². The molecule has 0 saturated heterocycles. The van der Waals surface area contributed by atoms with Gasteiger partial charge in [0.2, 0.25) is 5.91 Å². The van der Waals surface area contributed by atoms with Crippen molar-refractivity contribution in [2.24, 2.45) is 0 Å². The molecule has 0 aliphatic heterocycles. The minimum absolute atomic E-state index is 0.121. The normalized spacial score (nSPS) is 12.4. The average Bonchev–Trinajstić information content (AvgIpc) is 2.29. The van der Waals surface area contributed by atoms with Gasteiger partial charge in [0.1, 0.15) is 6.23 Å². The van der Waals surface area contributed by atoms with Crippen LogP contribution in [-0.2, 0) is 4.79 Å². The molecule has 4 heteroatoms. The third-order valence-corrected chi connectivity index (χ3v) is 2.61. The Morgan fingerprint density at radius 3 is 2.53 bits per heavy atom. The summed E-state index contributed by atoms with van der Waals surface area (Å²) in [7, 11) is 0. The molecule has 0 radical (unpaired) electrons. The summed E-state index contributed by atoms with van der Waals surface area (Å²) in [6.45, 7) is 5.58. The van der Waals surface area contributed by atoms with E-state index in [4.69, 9.17) is 0 Å². The number of rotatable bonds is 11. The number of aliphatic hydroxyl groups is 1. The van der Waals surface area contributed by atoms with Crippen LogP contribution in [0.25, 0.3) is 0 Å². The van der Waals surface area contributed by atoms with E-state index in [1.807, 2.05) is 6.92 Å². The lowest BCUT2D eigenvalue weighted by Gasteiger charge is -2.12. The van der Waals surface area contributed by atoms with Crippen molar-refractivity contribution in [3.05, 3.63) is 0 Å². The van der Waals surface area contributed by atoms with E-state index in [1.165, 1.54) is 12.8 Å². The molecule has 4 nitrogen and oxygen atoms in total. The van der Waals surface area contributed by atoms with Gasteiger partial charge in [-0.3, -0.25) is 10.1 Å². The van der Waals surface area contributed by atoms with Crippen LogP contribution in [-0.4, -0.2) is 30.3 Å². The maximum Gasteiger partial charge on any atom is 0.219 e. The van der Waals surface area contributed by atoms with E-state index in [-0.39, 0.29) is 5.91 Å². The first-order chi connectivity index (χ1) is 8.20. The third kappa shape index (κ3) is 11.6. The molecule has 102 valence electrons. The van der Waals surface area contributed by atoms with E-state index in [0.29, 0.717) is 13.0 Å². The van der Waals surface area contributed by atoms with Gasteiger partial charge in [0.25, 0.3) is 0 Å². The lowest BCUT2D eigenvalue weighted by molar-refractivity contribution is -0.121. The molecule has 0 aromatic carbocycles. The van der Waals surface area contributed by atoms with Gasteiger partial charge in [-0.25, -0.2) is 0 Å². The molecule has 0 rings (SSSR count). The molecule has 1 unspecified atom stereocenters. The van der Waals surface area contributed by atoms with Gasteiger partial charge in [-0.2, -0.15) is 0 Å². The second-order valence-electron chi connectivity index (χ2n) is 4.42. The number of aliphatic hydroxyl groups excluding tert-OH is 1. The topological polar surface area (TPSA) is 61.4 Å². The molecule has 0 bridgehead atoms. The summed E-state index contributed by atoms with van der Waals surface area (Å²) >= 11 is 0. The summed E-state index contributed by atoms with van der Waals surface area (Å²) in [6, 6.07) is 0. The highest BCUT2D eigenvalue weighted by Crippen LogP contribution is 2.00. The summed E-state index contributed by atoms with van der Waals surface area (Å²) in [5, 5.41) is 15.5. The van der Waals surface area contributed by atoms with Crippen LogP contribution in [0.5, 0.6) is 0 Å². The number of amides is 1. The molecule has 0 aromatic heterocycles. The first kappa shape index (κ1) is 16.4. The number of hydrogen-bond donors (Lipinski definition) is 3. The molecule has 1 amide bonds. The first-order valence-electron chi connectivity index (χ1n) is 6.88. The Labute approximate surface area is 105 Å². The van der Waals surface area contributed by atoms with Gasteiger partial charge in [0.05, 0.1) is 0 Å². The van der Waals surface area contributed by atoms with Crippen molar-refractivity contribution in [1.82, 2.24) is 10.6 Å². The smallest absolute Gasteiger partial charge is 0.219 e. The highest BCUT2D eigenvalue weighted by molar-refractivity contribution is 5.75. The molecule has 0 fully saturated rings. The molecular formula is C13H28N2O2. The molecular weight excluding hydrogens is 216 g/mol. The lowest BCUT2D eigenvalue weighted by Crippen LogP contribution is -2.32. The largest absolute Gasteiger partial charge is 0.379 e. The second kappa shape index (κ2) is 11.9. The second-order valence-corrected chi connectivity index (χ2v) is 4.42. The SMILES string of the molecule is CCCCCC(O)NCCCNC(=O)CCC. The fraction of sp³-hybridized carbons (Fsp3) is 0.923. The van der Waals surface area contributed by atoms with Crippen molar-refractivity contribution >= 4 is 5.91 Å². The number of nitrogens with one attached hydrogen (secondary N) is 2. The molecule has 3 N–H and O–H groups in total. The molecule has 0 aliphatic rings. The number of carbonyl (C=O) groups is 1. The van der Waals surface area contributed by atoms with E-state index >= 15 is 0 Å². The van der Waals surface area contributed by atoms with E-state index in [9.17, 15) is 9.90 Å². The summed E-state index contributed by atoms with van der Waals surface area (Å²) < 4.78 is 0. The van der Waals surface area contributed by atoms with Gasteiger partial charge in [0, 0.05) is 13.0 Å². The van der Waals surface area contributed by atoms with Gasteiger partial charge >= 0.3 is 0 Å². The Kier molecular flexibility index (Phi) is 11.4. The zero-order valence-electron chi connectivity index (χ0n) is 11.3. The zero-order chi connectivity index (χ0) is 12.9. The van der Waals surface area contributed by atoms with Gasteiger partial charge in [-0.1, -0.05) is 26.7 Å². The van der Waals surface area contributed by atoms with Gasteiger partial charge in [0.15, 0.2) is 0 Å². The van der Waals surface area contributed by atoms with Crippen molar-refractivity contribution in [2.45, 2.75) is 65.0 Å². The van der Waals surface area contributed by atoms with E-state index < -0.39 is 6.23 Å². The Morgan fingerprint density at radius 1 is 1.12 bits per heavy atom. The monoisotopic (exact) mass is 244 g/mol. The highest BCUT2D eigenvalue weighted by atomic mass is 16.3.